The van der Waals surface area contributed by atoms with Crippen LogP contribution in [0.4, 0.5) is 0 Å². The fourth-order valence-electron chi connectivity index (χ4n) is 1.01. The highest BCUT2D eigenvalue weighted by molar-refractivity contribution is 6.32. The summed E-state index contributed by atoms with van der Waals surface area (Å²) in [5.74, 6) is 0. The molecule has 0 radical (unpaired) electrons. The topological polar surface area (TPSA) is 23.8 Å². The monoisotopic (exact) mass is 191 g/mol. The van der Waals surface area contributed by atoms with Gasteiger partial charge in [0.05, 0.1) is 6.07 Å². The summed E-state index contributed by atoms with van der Waals surface area (Å²) in [6, 6.07) is 7.83. The van der Waals surface area contributed by atoms with E-state index in [1.165, 1.54) is 0 Å². The van der Waals surface area contributed by atoms with E-state index in [-0.39, 0.29) is 0 Å². The Morgan fingerprint density at radius 1 is 1.54 bits per heavy atom. The first-order chi connectivity index (χ1) is 6.13. The summed E-state index contributed by atoms with van der Waals surface area (Å²) in [5.41, 5.74) is 2.67. The first-order valence-corrected chi connectivity index (χ1v) is 4.36. The summed E-state index contributed by atoms with van der Waals surface area (Å²) < 4.78 is 0. The molecule has 0 saturated carbocycles. The van der Waals surface area contributed by atoms with Gasteiger partial charge in [0.25, 0.3) is 0 Å². The van der Waals surface area contributed by atoms with Crippen molar-refractivity contribution in [2.24, 2.45) is 0 Å². The largest absolute Gasteiger partial charge is 0.193 e. The van der Waals surface area contributed by atoms with E-state index in [2.05, 4.69) is 6.07 Å². The Morgan fingerprint density at radius 2 is 2.23 bits per heavy atom. The van der Waals surface area contributed by atoms with Crippen molar-refractivity contribution in [1.82, 2.24) is 0 Å². The number of allylic oxidation sites excluding steroid dienone is 1. The van der Waals surface area contributed by atoms with Gasteiger partial charge in [0.15, 0.2) is 0 Å². The van der Waals surface area contributed by atoms with Crippen LogP contribution in [0, 0.1) is 18.3 Å². The molecular weight excluding hydrogens is 182 g/mol. The van der Waals surface area contributed by atoms with Crippen LogP contribution in [0.2, 0.25) is 5.02 Å². The molecule has 0 atom stereocenters. The number of aryl methyl sites for hydroxylation is 1. The SMILES string of the molecule is CC(C#N)=Cc1ccc(C)cc1Cl. The zero-order chi connectivity index (χ0) is 9.84. The molecule has 0 spiro atoms. The molecule has 0 aromatic heterocycles. The molecule has 2 heteroatoms. The predicted molar refractivity (Wildman–Crippen MR) is 55.5 cm³/mol. The quantitative estimate of drug-likeness (QED) is 0.623. The number of halogens is 1. The molecule has 1 aromatic carbocycles. The second-order valence-corrected chi connectivity index (χ2v) is 3.37. The second kappa shape index (κ2) is 4.11. The number of hydrogen-bond donors (Lipinski definition) is 0. The van der Waals surface area contributed by atoms with Gasteiger partial charge in [-0.25, -0.2) is 0 Å². The molecule has 66 valence electrons. The lowest BCUT2D eigenvalue weighted by molar-refractivity contribution is 1.44. The van der Waals surface area contributed by atoms with Gasteiger partial charge >= 0.3 is 0 Å². The van der Waals surface area contributed by atoms with Crippen LogP contribution in [0.1, 0.15) is 18.1 Å². The highest BCUT2D eigenvalue weighted by Crippen LogP contribution is 2.19. The van der Waals surface area contributed by atoms with Gasteiger partial charge in [0, 0.05) is 10.6 Å². The van der Waals surface area contributed by atoms with Crippen molar-refractivity contribution in [3.05, 3.63) is 39.9 Å². The summed E-state index contributed by atoms with van der Waals surface area (Å²) in [7, 11) is 0. The number of benzene rings is 1. The molecule has 0 aliphatic heterocycles. The summed E-state index contributed by atoms with van der Waals surface area (Å²) >= 11 is 5.98. The summed E-state index contributed by atoms with van der Waals surface area (Å²) in [5, 5.41) is 9.27. The van der Waals surface area contributed by atoms with Crippen molar-refractivity contribution < 1.29 is 0 Å². The number of nitrogens with zero attached hydrogens (tertiary/aromatic N) is 1. The van der Waals surface area contributed by atoms with Gasteiger partial charge in [-0.05, 0) is 37.1 Å². The van der Waals surface area contributed by atoms with Crippen LogP contribution >= 0.6 is 11.6 Å². The molecule has 0 unspecified atom stereocenters. The first kappa shape index (κ1) is 9.83. The van der Waals surface area contributed by atoms with Crippen LogP contribution in [0.5, 0.6) is 0 Å². The Bertz CT molecular complexity index is 386. The maximum atomic E-state index is 8.58. The van der Waals surface area contributed by atoms with Gasteiger partial charge < -0.3 is 0 Å². The smallest absolute Gasteiger partial charge is 0.0944 e. The summed E-state index contributed by atoms with van der Waals surface area (Å²) in [4.78, 5) is 0. The molecular formula is C11H10ClN. The van der Waals surface area contributed by atoms with Gasteiger partial charge in [-0.2, -0.15) is 5.26 Å². The van der Waals surface area contributed by atoms with E-state index in [0.717, 1.165) is 11.1 Å². The standard InChI is InChI=1S/C11H10ClN/c1-8-3-4-10(11(12)6-8)5-9(2)7-13/h3-6H,1-2H3. The normalized spacial score (nSPS) is 11.1. The summed E-state index contributed by atoms with van der Waals surface area (Å²) in [6.45, 7) is 3.74. The zero-order valence-electron chi connectivity index (χ0n) is 7.63. The van der Waals surface area contributed by atoms with E-state index in [4.69, 9.17) is 16.9 Å². The van der Waals surface area contributed by atoms with Crippen molar-refractivity contribution in [2.45, 2.75) is 13.8 Å². The van der Waals surface area contributed by atoms with E-state index in [9.17, 15) is 0 Å². The molecule has 1 rings (SSSR count). The zero-order valence-corrected chi connectivity index (χ0v) is 8.39. The van der Waals surface area contributed by atoms with Gasteiger partial charge in [0.2, 0.25) is 0 Å². The van der Waals surface area contributed by atoms with Crippen molar-refractivity contribution >= 4 is 17.7 Å². The van der Waals surface area contributed by atoms with Gasteiger partial charge in [0.1, 0.15) is 0 Å². The second-order valence-electron chi connectivity index (χ2n) is 2.96. The maximum absolute atomic E-state index is 8.58. The fourth-order valence-corrected chi connectivity index (χ4v) is 1.30. The summed E-state index contributed by atoms with van der Waals surface area (Å²) in [6.07, 6.45) is 1.78. The minimum Gasteiger partial charge on any atom is -0.193 e. The minimum atomic E-state index is 0.658. The third-order valence-corrected chi connectivity index (χ3v) is 2.03. The van der Waals surface area contributed by atoms with Crippen LogP contribution < -0.4 is 0 Å². The molecule has 1 nitrogen and oxygen atoms in total. The third-order valence-electron chi connectivity index (χ3n) is 1.70. The molecule has 0 aliphatic carbocycles. The van der Waals surface area contributed by atoms with Crippen molar-refractivity contribution in [1.29, 1.82) is 5.26 Å². The van der Waals surface area contributed by atoms with E-state index >= 15 is 0 Å². The first-order valence-electron chi connectivity index (χ1n) is 3.98. The molecule has 1 aromatic rings. The van der Waals surface area contributed by atoms with Crippen molar-refractivity contribution in [3.63, 3.8) is 0 Å². The van der Waals surface area contributed by atoms with Gasteiger partial charge in [-0.15, -0.1) is 0 Å². The van der Waals surface area contributed by atoms with Crippen molar-refractivity contribution in [2.75, 3.05) is 0 Å². The van der Waals surface area contributed by atoms with Crippen LogP contribution in [-0.4, -0.2) is 0 Å². The molecule has 0 heterocycles. The lowest BCUT2D eigenvalue weighted by Crippen LogP contribution is -1.79. The van der Waals surface area contributed by atoms with Gasteiger partial charge in [-0.3, -0.25) is 0 Å². The van der Waals surface area contributed by atoms with Crippen LogP contribution in [-0.2, 0) is 0 Å². The molecule has 0 saturated heterocycles. The lowest BCUT2D eigenvalue weighted by atomic mass is 10.1. The Hall–Kier alpha value is -1.26. The van der Waals surface area contributed by atoms with Crippen molar-refractivity contribution in [3.8, 4) is 6.07 Å². The van der Waals surface area contributed by atoms with E-state index in [1.807, 2.05) is 25.1 Å². The maximum Gasteiger partial charge on any atom is 0.0944 e. The lowest BCUT2D eigenvalue weighted by Gasteiger charge is -1.99. The molecule has 0 bridgehead atoms. The molecule has 0 N–H and O–H groups in total. The molecule has 13 heavy (non-hydrogen) atoms. The minimum absolute atomic E-state index is 0.658. The Labute approximate surface area is 83.3 Å². The molecule has 0 fully saturated rings. The number of hydrogen-bond acceptors (Lipinski definition) is 1. The number of nitriles is 1. The van der Waals surface area contributed by atoms with Crippen LogP contribution in [0.15, 0.2) is 23.8 Å². The fraction of sp³-hybridized carbons (Fsp3) is 0.182. The predicted octanol–water partition coefficient (Wildman–Crippen LogP) is 3.58. The van der Waals surface area contributed by atoms with Crippen LogP contribution in [0.3, 0.4) is 0 Å². The van der Waals surface area contributed by atoms with E-state index in [1.54, 1.807) is 13.0 Å². The Kier molecular flexibility index (Phi) is 3.11. The Morgan fingerprint density at radius 3 is 2.77 bits per heavy atom. The van der Waals surface area contributed by atoms with E-state index < -0.39 is 0 Å². The third kappa shape index (κ3) is 2.61. The molecule has 0 amide bonds. The highest BCUT2D eigenvalue weighted by Gasteiger charge is 1.97. The number of rotatable bonds is 1. The Balaban J connectivity index is 3.12. The highest BCUT2D eigenvalue weighted by atomic mass is 35.5. The van der Waals surface area contributed by atoms with E-state index in [0.29, 0.717) is 10.6 Å². The average molecular weight is 192 g/mol. The van der Waals surface area contributed by atoms with Crippen LogP contribution in [0.25, 0.3) is 6.08 Å². The van der Waals surface area contributed by atoms with Gasteiger partial charge in [-0.1, -0.05) is 23.7 Å². The molecule has 0 aliphatic rings. The average Bonchev–Trinajstić information content (AvgIpc) is 2.09.